The van der Waals surface area contributed by atoms with Crippen LogP contribution in [-0.2, 0) is 0 Å². The van der Waals surface area contributed by atoms with Gasteiger partial charge in [-0.05, 0) is 26.3 Å². The van der Waals surface area contributed by atoms with Crippen LogP contribution in [0.25, 0.3) is 0 Å². The van der Waals surface area contributed by atoms with Crippen LogP contribution < -0.4 is 5.32 Å². The van der Waals surface area contributed by atoms with Gasteiger partial charge in [0.2, 0.25) is 0 Å². The Labute approximate surface area is 84.3 Å². The van der Waals surface area contributed by atoms with Crippen LogP contribution in [0.4, 0.5) is 0 Å². The zero-order valence-corrected chi connectivity index (χ0v) is 9.73. The molecule has 80 valence electrons. The summed E-state index contributed by atoms with van der Waals surface area (Å²) in [5.74, 6) is 0. The summed E-state index contributed by atoms with van der Waals surface area (Å²) >= 11 is 0. The van der Waals surface area contributed by atoms with Gasteiger partial charge in [0.05, 0.1) is 0 Å². The van der Waals surface area contributed by atoms with Crippen molar-refractivity contribution in [2.45, 2.75) is 71.8 Å². The molecule has 0 aromatic carbocycles. The van der Waals surface area contributed by atoms with Crippen molar-refractivity contribution in [3.8, 4) is 0 Å². The number of unbranched alkanes of at least 4 members (excludes halogenated alkanes) is 4. The molecule has 0 spiro atoms. The minimum Gasteiger partial charge on any atom is -0.314 e. The molecule has 1 nitrogen and oxygen atoms in total. The van der Waals surface area contributed by atoms with Crippen molar-refractivity contribution in [3.05, 3.63) is 0 Å². The molecule has 0 bridgehead atoms. The Balaban J connectivity index is 2.97. The van der Waals surface area contributed by atoms with Crippen molar-refractivity contribution >= 4 is 0 Å². The molecule has 0 heterocycles. The Morgan fingerprint density at radius 2 is 1.62 bits per heavy atom. The highest BCUT2D eigenvalue weighted by atomic mass is 14.9. The second-order valence-corrected chi connectivity index (χ2v) is 4.06. The number of hydrogen-bond acceptors (Lipinski definition) is 1. The molecule has 0 aromatic rings. The minimum atomic E-state index is 0.719. The SMILES string of the molecule is CCCCCCCNC(C)CCC. The summed E-state index contributed by atoms with van der Waals surface area (Å²) < 4.78 is 0. The summed E-state index contributed by atoms with van der Waals surface area (Å²) in [6, 6.07) is 0.719. The molecule has 0 radical (unpaired) electrons. The molecule has 0 saturated heterocycles. The molecule has 13 heavy (non-hydrogen) atoms. The molecular formula is C12H27N. The third-order valence-electron chi connectivity index (χ3n) is 2.49. The smallest absolute Gasteiger partial charge is 0.00386 e. The van der Waals surface area contributed by atoms with E-state index in [4.69, 9.17) is 0 Å². The van der Waals surface area contributed by atoms with Crippen molar-refractivity contribution in [2.24, 2.45) is 0 Å². The lowest BCUT2D eigenvalue weighted by Gasteiger charge is -2.11. The molecule has 0 fully saturated rings. The third-order valence-corrected chi connectivity index (χ3v) is 2.49. The first-order valence-corrected chi connectivity index (χ1v) is 6.04. The molecule has 1 unspecified atom stereocenters. The fraction of sp³-hybridized carbons (Fsp3) is 1.00. The lowest BCUT2D eigenvalue weighted by Crippen LogP contribution is -2.26. The summed E-state index contributed by atoms with van der Waals surface area (Å²) in [4.78, 5) is 0. The summed E-state index contributed by atoms with van der Waals surface area (Å²) in [5, 5.41) is 3.56. The van der Waals surface area contributed by atoms with Gasteiger partial charge in [-0.2, -0.15) is 0 Å². The fourth-order valence-electron chi connectivity index (χ4n) is 1.61. The van der Waals surface area contributed by atoms with E-state index in [-0.39, 0.29) is 0 Å². The van der Waals surface area contributed by atoms with Crippen LogP contribution in [0.3, 0.4) is 0 Å². The van der Waals surface area contributed by atoms with Gasteiger partial charge in [0.15, 0.2) is 0 Å². The molecule has 1 N–H and O–H groups in total. The highest BCUT2D eigenvalue weighted by molar-refractivity contribution is 4.59. The van der Waals surface area contributed by atoms with Crippen LogP contribution in [0.15, 0.2) is 0 Å². The van der Waals surface area contributed by atoms with Gasteiger partial charge in [0.1, 0.15) is 0 Å². The zero-order valence-electron chi connectivity index (χ0n) is 9.73. The van der Waals surface area contributed by atoms with Crippen LogP contribution in [-0.4, -0.2) is 12.6 Å². The molecule has 0 aliphatic carbocycles. The predicted octanol–water partition coefficient (Wildman–Crippen LogP) is 3.74. The van der Waals surface area contributed by atoms with Gasteiger partial charge >= 0.3 is 0 Å². The van der Waals surface area contributed by atoms with E-state index < -0.39 is 0 Å². The molecular weight excluding hydrogens is 158 g/mol. The Bertz CT molecular complexity index is 91.1. The van der Waals surface area contributed by atoms with E-state index in [2.05, 4.69) is 26.1 Å². The van der Waals surface area contributed by atoms with Crippen LogP contribution in [0, 0.1) is 0 Å². The van der Waals surface area contributed by atoms with Crippen molar-refractivity contribution < 1.29 is 0 Å². The maximum absolute atomic E-state index is 3.56. The second-order valence-electron chi connectivity index (χ2n) is 4.06. The van der Waals surface area contributed by atoms with Gasteiger partial charge in [-0.1, -0.05) is 46.0 Å². The van der Waals surface area contributed by atoms with Crippen molar-refractivity contribution in [1.82, 2.24) is 5.32 Å². The Kier molecular flexibility index (Phi) is 10.0. The molecule has 0 saturated carbocycles. The molecule has 1 heteroatoms. The first kappa shape index (κ1) is 13.0. The number of nitrogens with one attached hydrogen (secondary N) is 1. The van der Waals surface area contributed by atoms with E-state index in [9.17, 15) is 0 Å². The van der Waals surface area contributed by atoms with Gasteiger partial charge in [-0.25, -0.2) is 0 Å². The van der Waals surface area contributed by atoms with Crippen molar-refractivity contribution in [1.29, 1.82) is 0 Å². The maximum Gasteiger partial charge on any atom is 0.00386 e. The monoisotopic (exact) mass is 185 g/mol. The van der Waals surface area contributed by atoms with E-state index in [1.54, 1.807) is 0 Å². The summed E-state index contributed by atoms with van der Waals surface area (Å²) in [5.41, 5.74) is 0. The highest BCUT2D eigenvalue weighted by Crippen LogP contribution is 2.02. The summed E-state index contributed by atoms with van der Waals surface area (Å²) in [6.07, 6.45) is 9.54. The summed E-state index contributed by atoms with van der Waals surface area (Å²) in [6.45, 7) is 8.02. The lowest BCUT2D eigenvalue weighted by atomic mass is 10.1. The highest BCUT2D eigenvalue weighted by Gasteiger charge is 1.97. The first-order chi connectivity index (χ1) is 6.31. The van der Waals surface area contributed by atoms with Crippen LogP contribution in [0.2, 0.25) is 0 Å². The van der Waals surface area contributed by atoms with Gasteiger partial charge in [0.25, 0.3) is 0 Å². The molecule has 1 atom stereocenters. The van der Waals surface area contributed by atoms with Crippen molar-refractivity contribution in [3.63, 3.8) is 0 Å². The second kappa shape index (κ2) is 10.0. The number of hydrogen-bond donors (Lipinski definition) is 1. The van der Waals surface area contributed by atoms with Crippen LogP contribution >= 0.6 is 0 Å². The average Bonchev–Trinajstić information content (AvgIpc) is 2.11. The standard InChI is InChI=1S/C12H27N/c1-4-6-7-8-9-11-13-12(3)10-5-2/h12-13H,4-11H2,1-3H3. The predicted molar refractivity (Wildman–Crippen MR) is 61.1 cm³/mol. The molecule has 0 aliphatic rings. The molecule has 0 rings (SSSR count). The molecule has 0 amide bonds. The van der Waals surface area contributed by atoms with E-state index in [1.165, 1.54) is 51.5 Å². The van der Waals surface area contributed by atoms with Crippen LogP contribution in [0.5, 0.6) is 0 Å². The van der Waals surface area contributed by atoms with Gasteiger partial charge in [-0.3, -0.25) is 0 Å². The van der Waals surface area contributed by atoms with E-state index in [0.717, 1.165) is 6.04 Å². The average molecular weight is 185 g/mol. The van der Waals surface area contributed by atoms with Gasteiger partial charge in [-0.15, -0.1) is 0 Å². The first-order valence-electron chi connectivity index (χ1n) is 6.04. The van der Waals surface area contributed by atoms with Gasteiger partial charge < -0.3 is 5.32 Å². The lowest BCUT2D eigenvalue weighted by molar-refractivity contribution is 0.488. The van der Waals surface area contributed by atoms with E-state index in [0.29, 0.717) is 0 Å². The fourth-order valence-corrected chi connectivity index (χ4v) is 1.61. The molecule has 0 aromatic heterocycles. The largest absolute Gasteiger partial charge is 0.314 e. The Morgan fingerprint density at radius 1 is 0.923 bits per heavy atom. The Morgan fingerprint density at radius 3 is 2.23 bits per heavy atom. The zero-order chi connectivity index (χ0) is 9.94. The van der Waals surface area contributed by atoms with E-state index >= 15 is 0 Å². The summed E-state index contributed by atoms with van der Waals surface area (Å²) in [7, 11) is 0. The molecule has 0 aliphatic heterocycles. The topological polar surface area (TPSA) is 12.0 Å². The van der Waals surface area contributed by atoms with Crippen LogP contribution in [0.1, 0.15) is 65.7 Å². The van der Waals surface area contributed by atoms with Crippen molar-refractivity contribution in [2.75, 3.05) is 6.54 Å². The Hall–Kier alpha value is -0.0400. The van der Waals surface area contributed by atoms with Gasteiger partial charge in [0, 0.05) is 6.04 Å². The van der Waals surface area contributed by atoms with E-state index in [1.807, 2.05) is 0 Å². The normalized spacial score (nSPS) is 13.2. The quantitative estimate of drug-likeness (QED) is 0.540. The number of rotatable bonds is 9. The maximum atomic E-state index is 3.56. The minimum absolute atomic E-state index is 0.719. The third kappa shape index (κ3) is 9.88.